The van der Waals surface area contributed by atoms with Gasteiger partial charge in [-0.2, -0.15) is 0 Å². The molecule has 4 rings (SSSR count). The molecule has 2 bridgehead atoms. The highest BCUT2D eigenvalue weighted by molar-refractivity contribution is 5.91. The van der Waals surface area contributed by atoms with Crippen LogP contribution >= 0.6 is 0 Å². The van der Waals surface area contributed by atoms with E-state index in [1.165, 1.54) is 12.7 Å². The Morgan fingerprint density at radius 2 is 2.13 bits per heavy atom. The molecule has 0 saturated carbocycles. The van der Waals surface area contributed by atoms with Crippen molar-refractivity contribution in [2.24, 2.45) is 11.8 Å². The van der Waals surface area contributed by atoms with Crippen LogP contribution in [0.1, 0.15) is 11.1 Å². The van der Waals surface area contributed by atoms with Gasteiger partial charge in [0.15, 0.2) is 0 Å². The molecule has 2 fully saturated rings. The minimum Gasteiger partial charge on any atom is -0.469 e. The highest BCUT2D eigenvalue weighted by atomic mass is 16.5. The number of amides is 1. The van der Waals surface area contributed by atoms with Crippen LogP contribution in [0.25, 0.3) is 0 Å². The van der Waals surface area contributed by atoms with Crippen molar-refractivity contribution in [1.82, 2.24) is 4.90 Å². The van der Waals surface area contributed by atoms with E-state index in [4.69, 9.17) is 9.47 Å². The summed E-state index contributed by atoms with van der Waals surface area (Å²) >= 11 is 0. The van der Waals surface area contributed by atoms with E-state index in [9.17, 15) is 9.59 Å². The summed E-state index contributed by atoms with van der Waals surface area (Å²) < 4.78 is 10.9. The highest BCUT2D eigenvalue weighted by Crippen LogP contribution is 2.52. The number of nitrogens with zero attached hydrogens (tertiary/aromatic N) is 1. The van der Waals surface area contributed by atoms with Gasteiger partial charge in [0, 0.05) is 6.54 Å². The lowest BCUT2D eigenvalue weighted by molar-refractivity contribution is -0.151. The minimum absolute atomic E-state index is 0.0205. The number of hydrogen-bond donors (Lipinski definition) is 0. The molecule has 0 N–H and O–H groups in total. The van der Waals surface area contributed by atoms with Gasteiger partial charge in [-0.15, -0.1) is 0 Å². The second-order valence-electron chi connectivity index (χ2n) is 6.60. The maximum absolute atomic E-state index is 12.9. The Kier molecular flexibility index (Phi) is 3.10. The van der Waals surface area contributed by atoms with E-state index in [1.54, 1.807) is 4.90 Å². The molecule has 0 aliphatic carbocycles. The number of carbonyl (C=O) groups excluding carboxylic acids is 2. The van der Waals surface area contributed by atoms with Crippen LogP contribution in [0.3, 0.4) is 0 Å². The normalized spacial score (nSPS) is 34.1. The first-order valence-electron chi connectivity index (χ1n) is 7.83. The summed E-state index contributed by atoms with van der Waals surface area (Å²) in [5.74, 6) is -1.37. The van der Waals surface area contributed by atoms with Crippen LogP contribution in [0.5, 0.6) is 0 Å². The largest absolute Gasteiger partial charge is 0.469 e. The van der Waals surface area contributed by atoms with E-state index in [2.05, 4.69) is 0 Å². The summed E-state index contributed by atoms with van der Waals surface area (Å²) in [6.45, 7) is 3.06. The zero-order chi connectivity index (χ0) is 16.2. The molecule has 1 aromatic rings. The van der Waals surface area contributed by atoms with Crippen LogP contribution in [-0.2, 0) is 25.6 Å². The third kappa shape index (κ3) is 2.03. The van der Waals surface area contributed by atoms with E-state index in [-0.39, 0.29) is 18.0 Å². The summed E-state index contributed by atoms with van der Waals surface area (Å²) in [4.78, 5) is 26.8. The van der Waals surface area contributed by atoms with Crippen LogP contribution in [0, 0.1) is 18.8 Å². The van der Waals surface area contributed by atoms with Crippen LogP contribution < -0.4 is 0 Å². The molecule has 2 saturated heterocycles. The zero-order valence-electron chi connectivity index (χ0n) is 13.2. The van der Waals surface area contributed by atoms with Gasteiger partial charge in [-0.05, 0) is 12.5 Å². The Morgan fingerprint density at radius 3 is 2.83 bits per heavy atom. The molecule has 0 unspecified atom stereocenters. The lowest BCUT2D eigenvalue weighted by Crippen LogP contribution is -2.39. The van der Waals surface area contributed by atoms with Crippen LogP contribution in [-0.4, -0.2) is 42.1 Å². The standard InChI is InChI=1S/C18H19NO4/c1-11-3-5-12(6-4-11)9-19-10-18-8-7-13(23-18)14(17(21)22-2)15(18)16(19)20/h3-8,13-15H,9-10H2,1-2H3/t13-,14+,15+,18-/m0/s1. The molecular formula is C18H19NO4. The SMILES string of the molecule is COC(=O)[C@@H]1[C@@H]2C=C[C@@]3(CN(Cc4ccc(C)cc4)C(=O)[C@@H]13)O2. The highest BCUT2D eigenvalue weighted by Gasteiger charge is 2.67. The monoisotopic (exact) mass is 313 g/mol. The second kappa shape index (κ2) is 4.93. The zero-order valence-corrected chi connectivity index (χ0v) is 13.2. The number of benzene rings is 1. The number of rotatable bonds is 3. The van der Waals surface area contributed by atoms with E-state index in [0.29, 0.717) is 13.1 Å². The Morgan fingerprint density at radius 1 is 1.39 bits per heavy atom. The Labute approximate surface area is 134 Å². The summed E-state index contributed by atoms with van der Waals surface area (Å²) in [5, 5.41) is 0. The lowest BCUT2D eigenvalue weighted by atomic mass is 9.77. The number of methoxy groups -OCH3 is 1. The lowest BCUT2D eigenvalue weighted by Gasteiger charge is -2.22. The van der Waals surface area contributed by atoms with Crippen molar-refractivity contribution in [3.05, 3.63) is 47.5 Å². The third-order valence-corrected chi connectivity index (χ3v) is 5.15. The third-order valence-electron chi connectivity index (χ3n) is 5.15. The van der Waals surface area contributed by atoms with Gasteiger partial charge < -0.3 is 14.4 Å². The summed E-state index contributed by atoms with van der Waals surface area (Å²) in [7, 11) is 1.36. The van der Waals surface area contributed by atoms with Gasteiger partial charge in [0.2, 0.25) is 5.91 Å². The van der Waals surface area contributed by atoms with Crippen molar-refractivity contribution in [2.75, 3.05) is 13.7 Å². The Hall–Kier alpha value is -2.14. The number of aryl methyl sites for hydroxylation is 1. The predicted octanol–water partition coefficient (Wildman–Crippen LogP) is 1.45. The minimum atomic E-state index is -0.661. The maximum Gasteiger partial charge on any atom is 0.312 e. The number of carbonyl (C=O) groups is 2. The van der Waals surface area contributed by atoms with Gasteiger partial charge in [-0.25, -0.2) is 0 Å². The number of esters is 1. The average Bonchev–Trinajstić information content (AvgIpc) is 3.18. The molecule has 23 heavy (non-hydrogen) atoms. The van der Waals surface area contributed by atoms with Crippen molar-refractivity contribution in [3.8, 4) is 0 Å². The number of fused-ring (bicyclic) bond motifs is 1. The summed E-state index contributed by atoms with van der Waals surface area (Å²) in [6.07, 6.45) is 3.51. The van der Waals surface area contributed by atoms with Crippen molar-refractivity contribution in [2.45, 2.75) is 25.2 Å². The molecule has 5 heteroatoms. The predicted molar refractivity (Wildman–Crippen MR) is 82.3 cm³/mol. The molecule has 5 nitrogen and oxygen atoms in total. The van der Waals surface area contributed by atoms with E-state index in [1.807, 2.05) is 43.3 Å². The molecule has 3 aliphatic rings. The number of likely N-dealkylation sites (tertiary alicyclic amines) is 1. The van der Waals surface area contributed by atoms with Crippen molar-refractivity contribution < 1.29 is 19.1 Å². The Bertz CT molecular complexity index is 695. The van der Waals surface area contributed by atoms with Gasteiger partial charge in [0.1, 0.15) is 11.5 Å². The average molecular weight is 313 g/mol. The van der Waals surface area contributed by atoms with E-state index in [0.717, 1.165) is 5.56 Å². The molecule has 4 atom stereocenters. The molecule has 1 aromatic carbocycles. The molecule has 0 radical (unpaired) electrons. The quantitative estimate of drug-likeness (QED) is 0.626. The molecule has 1 spiro atoms. The van der Waals surface area contributed by atoms with Gasteiger partial charge in [-0.1, -0.05) is 42.0 Å². The first-order valence-corrected chi connectivity index (χ1v) is 7.83. The Balaban J connectivity index is 1.60. The van der Waals surface area contributed by atoms with Gasteiger partial charge in [0.25, 0.3) is 0 Å². The smallest absolute Gasteiger partial charge is 0.312 e. The first kappa shape index (κ1) is 14.5. The fraction of sp³-hybridized carbons (Fsp3) is 0.444. The number of hydrogen-bond acceptors (Lipinski definition) is 4. The maximum atomic E-state index is 12.9. The van der Waals surface area contributed by atoms with Gasteiger partial charge in [-0.3, -0.25) is 9.59 Å². The molecule has 3 aliphatic heterocycles. The molecule has 3 heterocycles. The van der Waals surface area contributed by atoms with Crippen molar-refractivity contribution in [1.29, 1.82) is 0 Å². The fourth-order valence-corrected chi connectivity index (χ4v) is 4.03. The van der Waals surface area contributed by atoms with E-state index >= 15 is 0 Å². The first-order chi connectivity index (χ1) is 11.0. The molecule has 1 amide bonds. The molecular weight excluding hydrogens is 294 g/mol. The van der Waals surface area contributed by atoms with Crippen molar-refractivity contribution in [3.63, 3.8) is 0 Å². The van der Waals surface area contributed by atoms with Crippen molar-refractivity contribution >= 4 is 11.9 Å². The van der Waals surface area contributed by atoms with Crippen LogP contribution in [0.2, 0.25) is 0 Å². The summed E-state index contributed by atoms with van der Waals surface area (Å²) in [5.41, 5.74) is 1.60. The molecule has 0 aromatic heterocycles. The van der Waals surface area contributed by atoms with Gasteiger partial charge >= 0.3 is 5.97 Å². The topological polar surface area (TPSA) is 55.8 Å². The second-order valence-corrected chi connectivity index (χ2v) is 6.60. The molecule has 120 valence electrons. The fourth-order valence-electron chi connectivity index (χ4n) is 4.03. The van der Waals surface area contributed by atoms with Gasteiger partial charge in [0.05, 0.1) is 25.7 Å². The van der Waals surface area contributed by atoms with Crippen LogP contribution in [0.4, 0.5) is 0 Å². The van der Waals surface area contributed by atoms with E-state index < -0.39 is 17.4 Å². The van der Waals surface area contributed by atoms with Crippen LogP contribution in [0.15, 0.2) is 36.4 Å². The number of ether oxygens (including phenoxy) is 2. The summed E-state index contributed by atoms with van der Waals surface area (Å²) in [6, 6.07) is 8.13.